The molecule has 2 aromatic rings. The van der Waals surface area contributed by atoms with Crippen LogP contribution in [0.1, 0.15) is 16.1 Å². The SMILES string of the molecule is COc1ccc(C)cc1NC(=O)c1cccc(N2CCN(C)CC2)n1. The normalized spacial score (nSPS) is 15.1. The molecule has 0 saturated carbocycles. The lowest BCUT2D eigenvalue weighted by molar-refractivity contribution is 0.102. The maximum Gasteiger partial charge on any atom is 0.274 e. The lowest BCUT2D eigenvalue weighted by Gasteiger charge is -2.33. The summed E-state index contributed by atoms with van der Waals surface area (Å²) in [6, 6.07) is 11.2. The number of anilines is 2. The van der Waals surface area contributed by atoms with Gasteiger partial charge in [0.05, 0.1) is 12.8 Å². The number of carbonyl (C=O) groups excluding carboxylic acids is 1. The molecule has 3 rings (SSSR count). The van der Waals surface area contributed by atoms with Gasteiger partial charge in [-0.15, -0.1) is 0 Å². The van der Waals surface area contributed by atoms with E-state index >= 15 is 0 Å². The molecule has 0 unspecified atom stereocenters. The van der Waals surface area contributed by atoms with Crippen molar-refractivity contribution in [2.75, 3.05) is 50.6 Å². The van der Waals surface area contributed by atoms with E-state index in [9.17, 15) is 4.79 Å². The van der Waals surface area contributed by atoms with Gasteiger partial charge in [-0.3, -0.25) is 4.79 Å². The van der Waals surface area contributed by atoms with Crippen LogP contribution in [0.4, 0.5) is 11.5 Å². The molecule has 0 spiro atoms. The number of nitrogens with one attached hydrogen (secondary N) is 1. The summed E-state index contributed by atoms with van der Waals surface area (Å²) in [7, 11) is 3.70. The molecular weight excluding hydrogens is 316 g/mol. The van der Waals surface area contributed by atoms with Crippen molar-refractivity contribution >= 4 is 17.4 Å². The average molecular weight is 340 g/mol. The Labute approximate surface area is 148 Å². The fourth-order valence-electron chi connectivity index (χ4n) is 2.87. The zero-order valence-electron chi connectivity index (χ0n) is 15.0. The summed E-state index contributed by atoms with van der Waals surface area (Å²) < 4.78 is 5.32. The molecule has 6 heteroatoms. The molecule has 132 valence electrons. The summed E-state index contributed by atoms with van der Waals surface area (Å²) in [6.45, 7) is 5.80. The number of aromatic nitrogens is 1. The number of aryl methyl sites for hydroxylation is 1. The Morgan fingerprint density at radius 1 is 1.16 bits per heavy atom. The minimum atomic E-state index is -0.236. The number of amides is 1. The van der Waals surface area contributed by atoms with Gasteiger partial charge < -0.3 is 19.9 Å². The van der Waals surface area contributed by atoms with Gasteiger partial charge in [-0.05, 0) is 43.8 Å². The smallest absolute Gasteiger partial charge is 0.274 e. The first-order chi connectivity index (χ1) is 12.1. The predicted molar refractivity (Wildman–Crippen MR) is 99.6 cm³/mol. The minimum Gasteiger partial charge on any atom is -0.495 e. The average Bonchev–Trinajstić information content (AvgIpc) is 2.62. The number of likely N-dealkylation sites (N-methyl/N-ethyl adjacent to an activating group) is 1. The van der Waals surface area contributed by atoms with Gasteiger partial charge in [-0.1, -0.05) is 12.1 Å². The number of benzene rings is 1. The molecule has 1 fully saturated rings. The molecule has 1 amide bonds. The molecule has 1 aliphatic heterocycles. The lowest BCUT2D eigenvalue weighted by atomic mass is 10.2. The molecule has 0 radical (unpaired) electrons. The highest BCUT2D eigenvalue weighted by Crippen LogP contribution is 2.25. The van der Waals surface area contributed by atoms with Crippen molar-refractivity contribution in [1.29, 1.82) is 0 Å². The lowest BCUT2D eigenvalue weighted by Crippen LogP contribution is -2.44. The van der Waals surface area contributed by atoms with Crippen molar-refractivity contribution in [3.05, 3.63) is 47.7 Å². The first-order valence-corrected chi connectivity index (χ1v) is 8.43. The van der Waals surface area contributed by atoms with E-state index < -0.39 is 0 Å². The number of rotatable bonds is 4. The fourth-order valence-corrected chi connectivity index (χ4v) is 2.87. The third-order valence-electron chi connectivity index (χ3n) is 4.40. The quantitative estimate of drug-likeness (QED) is 0.926. The molecule has 1 N–H and O–H groups in total. The van der Waals surface area contributed by atoms with Crippen molar-refractivity contribution < 1.29 is 9.53 Å². The van der Waals surface area contributed by atoms with Crippen molar-refractivity contribution in [3.63, 3.8) is 0 Å². The zero-order chi connectivity index (χ0) is 17.8. The van der Waals surface area contributed by atoms with Crippen LogP contribution in [0.5, 0.6) is 5.75 Å². The van der Waals surface area contributed by atoms with Crippen LogP contribution in [-0.4, -0.2) is 56.1 Å². The minimum absolute atomic E-state index is 0.236. The Morgan fingerprint density at radius 2 is 1.92 bits per heavy atom. The topological polar surface area (TPSA) is 57.7 Å². The molecule has 0 aliphatic carbocycles. The summed E-state index contributed by atoms with van der Waals surface area (Å²) >= 11 is 0. The number of ether oxygens (including phenoxy) is 1. The second-order valence-electron chi connectivity index (χ2n) is 6.33. The van der Waals surface area contributed by atoms with E-state index in [-0.39, 0.29) is 5.91 Å². The number of methoxy groups -OCH3 is 1. The monoisotopic (exact) mass is 340 g/mol. The van der Waals surface area contributed by atoms with Gasteiger partial charge >= 0.3 is 0 Å². The van der Waals surface area contributed by atoms with Crippen LogP contribution < -0.4 is 15.0 Å². The predicted octanol–water partition coefficient (Wildman–Crippen LogP) is 2.40. The van der Waals surface area contributed by atoms with Gasteiger partial charge in [-0.2, -0.15) is 0 Å². The van der Waals surface area contributed by atoms with Gasteiger partial charge in [-0.25, -0.2) is 4.98 Å². The van der Waals surface area contributed by atoms with Crippen molar-refractivity contribution in [2.45, 2.75) is 6.92 Å². The van der Waals surface area contributed by atoms with Crippen LogP contribution in [-0.2, 0) is 0 Å². The molecule has 25 heavy (non-hydrogen) atoms. The van der Waals surface area contributed by atoms with E-state index in [1.165, 1.54) is 0 Å². The Bertz CT molecular complexity index is 755. The highest BCUT2D eigenvalue weighted by atomic mass is 16.5. The maximum atomic E-state index is 12.6. The van der Waals surface area contributed by atoms with Crippen molar-refractivity contribution in [1.82, 2.24) is 9.88 Å². The summed E-state index contributed by atoms with van der Waals surface area (Å²) in [4.78, 5) is 21.7. The molecule has 1 aromatic heterocycles. The van der Waals surface area contributed by atoms with E-state index in [1.54, 1.807) is 13.2 Å². The Morgan fingerprint density at radius 3 is 2.64 bits per heavy atom. The molecule has 1 aliphatic rings. The second kappa shape index (κ2) is 7.53. The van der Waals surface area contributed by atoms with Crippen LogP contribution in [0.15, 0.2) is 36.4 Å². The summed E-state index contributed by atoms with van der Waals surface area (Å²) in [5.41, 5.74) is 2.11. The number of piperazine rings is 1. The standard InChI is InChI=1S/C19H24N4O2/c1-14-7-8-17(25-3)16(13-14)21-19(24)15-5-4-6-18(20-15)23-11-9-22(2)10-12-23/h4-8,13H,9-12H2,1-3H3,(H,21,24). The fraction of sp³-hybridized carbons (Fsp3) is 0.368. The van der Waals surface area contributed by atoms with E-state index in [4.69, 9.17) is 4.74 Å². The Hall–Kier alpha value is -2.60. The van der Waals surface area contributed by atoms with Gasteiger partial charge in [0.25, 0.3) is 5.91 Å². The largest absolute Gasteiger partial charge is 0.495 e. The van der Waals surface area contributed by atoms with Gasteiger partial charge in [0.15, 0.2) is 0 Å². The number of pyridine rings is 1. The van der Waals surface area contributed by atoms with Gasteiger partial charge in [0.2, 0.25) is 0 Å². The highest BCUT2D eigenvalue weighted by Gasteiger charge is 2.17. The van der Waals surface area contributed by atoms with Crippen molar-refractivity contribution in [3.8, 4) is 5.75 Å². The molecule has 1 saturated heterocycles. The first-order valence-electron chi connectivity index (χ1n) is 8.43. The molecule has 6 nitrogen and oxygen atoms in total. The van der Waals surface area contributed by atoms with E-state index in [0.717, 1.165) is 37.6 Å². The summed E-state index contributed by atoms with van der Waals surface area (Å²) in [5, 5.41) is 2.90. The molecule has 0 bridgehead atoms. The highest BCUT2D eigenvalue weighted by molar-refractivity contribution is 6.04. The molecule has 1 aromatic carbocycles. The van der Waals surface area contributed by atoms with Gasteiger partial charge in [0.1, 0.15) is 17.3 Å². The Kier molecular flexibility index (Phi) is 5.19. The third kappa shape index (κ3) is 4.09. The molecule has 0 atom stereocenters. The summed E-state index contributed by atoms with van der Waals surface area (Å²) in [5.74, 6) is 1.24. The molecular formula is C19H24N4O2. The van der Waals surface area contributed by atoms with Crippen molar-refractivity contribution in [2.24, 2.45) is 0 Å². The van der Waals surface area contributed by atoms with Crippen LogP contribution in [0.3, 0.4) is 0 Å². The van der Waals surface area contributed by atoms with Crippen LogP contribution in [0.25, 0.3) is 0 Å². The number of hydrogen-bond acceptors (Lipinski definition) is 5. The number of nitrogens with zero attached hydrogens (tertiary/aromatic N) is 3. The van der Waals surface area contributed by atoms with Crippen LogP contribution in [0.2, 0.25) is 0 Å². The first kappa shape index (κ1) is 17.2. The second-order valence-corrected chi connectivity index (χ2v) is 6.33. The number of carbonyl (C=O) groups is 1. The number of hydrogen-bond donors (Lipinski definition) is 1. The van der Waals surface area contributed by atoms with E-state index in [2.05, 4.69) is 27.1 Å². The molecule has 2 heterocycles. The van der Waals surface area contributed by atoms with E-state index in [0.29, 0.717) is 17.1 Å². The van der Waals surface area contributed by atoms with Crippen LogP contribution >= 0.6 is 0 Å². The third-order valence-corrected chi connectivity index (χ3v) is 4.40. The summed E-state index contributed by atoms with van der Waals surface area (Å²) in [6.07, 6.45) is 0. The maximum absolute atomic E-state index is 12.6. The Balaban J connectivity index is 1.77. The van der Waals surface area contributed by atoms with Crippen LogP contribution in [0, 0.1) is 6.92 Å². The zero-order valence-corrected chi connectivity index (χ0v) is 15.0. The van der Waals surface area contributed by atoms with Gasteiger partial charge in [0, 0.05) is 26.2 Å². The van der Waals surface area contributed by atoms with E-state index in [1.807, 2.05) is 37.3 Å².